The van der Waals surface area contributed by atoms with E-state index in [2.05, 4.69) is 22.2 Å². The van der Waals surface area contributed by atoms with Crippen LogP contribution in [-0.4, -0.2) is 30.7 Å². The van der Waals surface area contributed by atoms with E-state index in [1.807, 2.05) is 6.92 Å². The molecule has 0 spiro atoms. The molecule has 0 fully saturated rings. The summed E-state index contributed by atoms with van der Waals surface area (Å²) in [5.41, 5.74) is 0.644. The molecular weight excluding hydrogens is 297 g/mol. The van der Waals surface area contributed by atoms with E-state index in [1.165, 1.54) is 0 Å². The Labute approximate surface area is 129 Å². The molecule has 1 aromatic carbocycles. The van der Waals surface area contributed by atoms with Crippen molar-refractivity contribution in [3.63, 3.8) is 0 Å². The third-order valence-corrected chi connectivity index (χ3v) is 2.89. The number of hydrogen-bond donors (Lipinski definition) is 3. The van der Waals surface area contributed by atoms with Gasteiger partial charge in [0.05, 0.1) is 12.6 Å². The molecule has 3 N–H and O–H groups in total. The Morgan fingerprint density at radius 1 is 1.35 bits per heavy atom. The summed E-state index contributed by atoms with van der Waals surface area (Å²) >= 11 is 11.8. The van der Waals surface area contributed by atoms with Gasteiger partial charge in [-0.2, -0.15) is 0 Å². The van der Waals surface area contributed by atoms with Gasteiger partial charge in [0, 0.05) is 23.1 Å². The van der Waals surface area contributed by atoms with E-state index in [9.17, 15) is 5.11 Å². The van der Waals surface area contributed by atoms with Gasteiger partial charge in [0.15, 0.2) is 5.96 Å². The Morgan fingerprint density at radius 2 is 2.00 bits per heavy atom. The maximum atomic E-state index is 10.1. The molecule has 0 radical (unpaired) electrons. The fourth-order valence-corrected chi connectivity index (χ4v) is 2.10. The topological polar surface area (TPSA) is 56.7 Å². The molecule has 0 saturated carbocycles. The standard InChI is InChI=1S/C14H19Cl2N3O/c1-3-5-18-14(17-4-2)19-9-13(20)10-6-11(15)8-12(16)7-10/h3,6-8,13,20H,1,4-5,9H2,2H3,(H2,17,18,19). The first-order chi connectivity index (χ1) is 9.56. The summed E-state index contributed by atoms with van der Waals surface area (Å²) in [6.07, 6.45) is 0.977. The molecule has 4 nitrogen and oxygen atoms in total. The van der Waals surface area contributed by atoms with Crippen molar-refractivity contribution < 1.29 is 5.11 Å². The zero-order valence-electron chi connectivity index (χ0n) is 11.4. The monoisotopic (exact) mass is 315 g/mol. The predicted molar refractivity (Wildman–Crippen MR) is 85.6 cm³/mol. The number of guanidine groups is 1. The minimum Gasteiger partial charge on any atom is -0.386 e. The van der Waals surface area contributed by atoms with Crippen molar-refractivity contribution in [1.82, 2.24) is 10.6 Å². The van der Waals surface area contributed by atoms with E-state index < -0.39 is 6.10 Å². The lowest BCUT2D eigenvalue weighted by molar-refractivity contribution is 0.187. The highest BCUT2D eigenvalue weighted by atomic mass is 35.5. The normalized spacial score (nSPS) is 12.9. The van der Waals surface area contributed by atoms with Crippen LogP contribution in [0.15, 0.2) is 35.8 Å². The van der Waals surface area contributed by atoms with Crippen molar-refractivity contribution in [3.8, 4) is 0 Å². The largest absolute Gasteiger partial charge is 0.386 e. The van der Waals surface area contributed by atoms with E-state index in [4.69, 9.17) is 23.2 Å². The number of rotatable bonds is 6. The molecule has 1 unspecified atom stereocenters. The number of aliphatic hydroxyl groups excluding tert-OH is 1. The van der Waals surface area contributed by atoms with Gasteiger partial charge in [-0.1, -0.05) is 29.3 Å². The number of aliphatic imine (C=N–C) groups is 1. The number of hydrogen-bond acceptors (Lipinski definition) is 2. The average molecular weight is 316 g/mol. The summed E-state index contributed by atoms with van der Waals surface area (Å²) < 4.78 is 0. The van der Waals surface area contributed by atoms with Gasteiger partial charge in [0.2, 0.25) is 0 Å². The quantitative estimate of drug-likeness (QED) is 0.430. The summed E-state index contributed by atoms with van der Waals surface area (Å²) in [6.45, 7) is 7.15. The third-order valence-electron chi connectivity index (χ3n) is 2.45. The minimum atomic E-state index is -0.759. The Hall–Kier alpha value is -1.23. The third kappa shape index (κ3) is 5.82. The fourth-order valence-electron chi connectivity index (χ4n) is 1.56. The first-order valence-electron chi connectivity index (χ1n) is 6.34. The molecule has 0 aliphatic rings. The summed E-state index contributed by atoms with van der Waals surface area (Å²) in [5, 5.41) is 17.2. The van der Waals surface area contributed by atoms with Crippen LogP contribution in [0.2, 0.25) is 10.0 Å². The summed E-state index contributed by atoms with van der Waals surface area (Å²) in [6, 6.07) is 4.98. The van der Waals surface area contributed by atoms with Gasteiger partial charge in [-0.05, 0) is 30.7 Å². The molecule has 0 aliphatic heterocycles. The Morgan fingerprint density at radius 3 is 2.55 bits per heavy atom. The molecule has 0 aromatic heterocycles. The molecule has 1 rings (SSSR count). The van der Waals surface area contributed by atoms with Gasteiger partial charge in [-0.25, -0.2) is 0 Å². The molecule has 1 aromatic rings. The van der Waals surface area contributed by atoms with Crippen LogP contribution in [0.1, 0.15) is 18.6 Å². The second-order valence-electron chi connectivity index (χ2n) is 4.11. The zero-order chi connectivity index (χ0) is 15.0. The molecule has 0 bridgehead atoms. The lowest BCUT2D eigenvalue weighted by Crippen LogP contribution is -2.37. The lowest BCUT2D eigenvalue weighted by atomic mass is 10.1. The summed E-state index contributed by atoms with van der Waals surface area (Å²) in [4.78, 5) is 4.30. The van der Waals surface area contributed by atoms with Crippen LogP contribution in [0.4, 0.5) is 0 Å². The first-order valence-corrected chi connectivity index (χ1v) is 7.09. The van der Waals surface area contributed by atoms with Crippen molar-refractivity contribution >= 4 is 29.2 Å². The summed E-state index contributed by atoms with van der Waals surface area (Å²) in [5.74, 6) is 0.625. The smallest absolute Gasteiger partial charge is 0.191 e. The summed E-state index contributed by atoms with van der Waals surface area (Å²) in [7, 11) is 0. The van der Waals surface area contributed by atoms with Crippen LogP contribution >= 0.6 is 23.2 Å². The first kappa shape index (κ1) is 16.8. The highest BCUT2D eigenvalue weighted by molar-refractivity contribution is 6.34. The van der Waals surface area contributed by atoms with Crippen molar-refractivity contribution in [1.29, 1.82) is 0 Å². The van der Waals surface area contributed by atoms with Crippen LogP contribution in [-0.2, 0) is 0 Å². The predicted octanol–water partition coefficient (Wildman–Crippen LogP) is 2.77. The van der Waals surface area contributed by atoms with Crippen LogP contribution < -0.4 is 10.6 Å². The fraction of sp³-hybridized carbons (Fsp3) is 0.357. The number of benzene rings is 1. The molecule has 6 heteroatoms. The van der Waals surface area contributed by atoms with Gasteiger partial charge in [-0.15, -0.1) is 6.58 Å². The average Bonchev–Trinajstić information content (AvgIpc) is 2.40. The molecule has 0 amide bonds. The van der Waals surface area contributed by atoms with Crippen LogP contribution in [0, 0.1) is 0 Å². The maximum Gasteiger partial charge on any atom is 0.191 e. The maximum absolute atomic E-state index is 10.1. The Kier molecular flexibility index (Phi) is 7.44. The molecule has 20 heavy (non-hydrogen) atoms. The molecule has 0 heterocycles. The molecule has 0 saturated heterocycles. The molecule has 1 atom stereocenters. The Balaban J connectivity index is 2.71. The number of aliphatic hydroxyl groups is 1. The van der Waals surface area contributed by atoms with E-state index in [-0.39, 0.29) is 6.54 Å². The van der Waals surface area contributed by atoms with E-state index in [1.54, 1.807) is 24.3 Å². The minimum absolute atomic E-state index is 0.211. The lowest BCUT2D eigenvalue weighted by Gasteiger charge is -2.13. The Bertz CT molecular complexity index is 457. The van der Waals surface area contributed by atoms with Crippen molar-refractivity contribution in [2.24, 2.45) is 4.99 Å². The highest BCUT2D eigenvalue weighted by Gasteiger charge is 2.09. The van der Waals surface area contributed by atoms with E-state index in [0.717, 1.165) is 6.54 Å². The zero-order valence-corrected chi connectivity index (χ0v) is 12.9. The van der Waals surface area contributed by atoms with Crippen molar-refractivity contribution in [2.45, 2.75) is 13.0 Å². The second kappa shape index (κ2) is 8.84. The van der Waals surface area contributed by atoms with Gasteiger partial charge >= 0.3 is 0 Å². The van der Waals surface area contributed by atoms with Gasteiger partial charge < -0.3 is 15.7 Å². The van der Waals surface area contributed by atoms with Crippen molar-refractivity contribution in [3.05, 3.63) is 46.5 Å². The number of halogens is 2. The molecule has 110 valence electrons. The van der Waals surface area contributed by atoms with Gasteiger partial charge in [-0.3, -0.25) is 4.99 Å². The highest BCUT2D eigenvalue weighted by Crippen LogP contribution is 2.23. The van der Waals surface area contributed by atoms with E-state index >= 15 is 0 Å². The van der Waals surface area contributed by atoms with Gasteiger partial charge in [0.25, 0.3) is 0 Å². The SMILES string of the molecule is C=CCNC(=NCC(O)c1cc(Cl)cc(Cl)c1)NCC. The van der Waals surface area contributed by atoms with Gasteiger partial charge in [0.1, 0.15) is 0 Å². The number of nitrogens with zero attached hydrogens (tertiary/aromatic N) is 1. The van der Waals surface area contributed by atoms with Crippen LogP contribution in [0.25, 0.3) is 0 Å². The van der Waals surface area contributed by atoms with Crippen LogP contribution in [0.5, 0.6) is 0 Å². The number of nitrogens with one attached hydrogen (secondary N) is 2. The van der Waals surface area contributed by atoms with E-state index in [0.29, 0.717) is 28.1 Å². The second-order valence-corrected chi connectivity index (χ2v) is 4.98. The molecule has 0 aliphatic carbocycles. The van der Waals surface area contributed by atoms with Crippen molar-refractivity contribution in [2.75, 3.05) is 19.6 Å². The van der Waals surface area contributed by atoms with Crippen LogP contribution in [0.3, 0.4) is 0 Å². The molecular formula is C14H19Cl2N3O.